The van der Waals surface area contributed by atoms with Crippen molar-refractivity contribution in [1.29, 1.82) is 0 Å². The molecule has 4 atom stereocenters. The van der Waals surface area contributed by atoms with E-state index in [0.29, 0.717) is 67.1 Å². The van der Waals surface area contributed by atoms with Crippen molar-refractivity contribution < 1.29 is 52.6 Å². The minimum absolute atomic E-state index is 0.0308. The number of aromatic carboxylic acids is 2. The van der Waals surface area contributed by atoms with Crippen molar-refractivity contribution >= 4 is 11.9 Å². The van der Waals surface area contributed by atoms with E-state index in [1.165, 1.54) is 25.6 Å². The summed E-state index contributed by atoms with van der Waals surface area (Å²) in [6, 6.07) is 8.68. The summed E-state index contributed by atoms with van der Waals surface area (Å²) in [4.78, 5) is 48.5. The Labute approximate surface area is 386 Å². The zero-order valence-corrected chi connectivity index (χ0v) is 40.5. The van der Waals surface area contributed by atoms with Gasteiger partial charge in [-0.1, -0.05) is 55.4 Å². The van der Waals surface area contributed by atoms with Gasteiger partial charge in [-0.2, -0.15) is 0 Å². The lowest BCUT2D eigenvalue weighted by Crippen LogP contribution is -2.36. The summed E-state index contributed by atoms with van der Waals surface area (Å²) in [5.74, 6) is -1.39. The second-order valence-electron chi connectivity index (χ2n) is 18.1. The van der Waals surface area contributed by atoms with Crippen molar-refractivity contribution in [3.8, 4) is 45.5 Å². The van der Waals surface area contributed by atoms with Crippen LogP contribution in [-0.4, -0.2) is 86.2 Å². The van der Waals surface area contributed by atoms with E-state index in [2.05, 4.69) is 41.5 Å². The monoisotopic (exact) mass is 918 g/mol. The van der Waals surface area contributed by atoms with Crippen LogP contribution in [0.25, 0.3) is 22.5 Å². The molecule has 360 valence electrons. The number of carboxylic acid groups (broad SMARTS) is 2. The Morgan fingerprint density at radius 1 is 0.773 bits per heavy atom. The second-order valence-corrected chi connectivity index (χ2v) is 18.1. The SMILES string of the molecule is CC.CCC(C)(C)[C@@H]1[C@H](C)c2cc(OCCCOC)c(OC)cc2-c2cc(=O)c(C(=O)O)cn21.COCCCOc1cc2c(cc1OC)-c1c(F)c(=O)c(C(=O)O)cn1[C@@H]1[C@H]2CCC1(C)C. The molecule has 66 heavy (non-hydrogen) atoms. The maximum Gasteiger partial charge on any atom is 0.341 e. The average Bonchev–Trinajstić information content (AvgIpc) is 3.62. The van der Waals surface area contributed by atoms with Crippen LogP contribution in [0.5, 0.6) is 23.0 Å². The highest BCUT2D eigenvalue weighted by atomic mass is 19.1. The van der Waals surface area contributed by atoms with Crippen LogP contribution in [0.2, 0.25) is 0 Å². The zero-order valence-electron chi connectivity index (χ0n) is 40.5. The van der Waals surface area contributed by atoms with Crippen LogP contribution in [-0.2, 0) is 9.47 Å². The number of fused-ring (bicyclic) bond motifs is 9. The van der Waals surface area contributed by atoms with Crippen molar-refractivity contribution in [3.63, 3.8) is 0 Å². The molecule has 7 rings (SSSR count). The number of hydrogen-bond donors (Lipinski definition) is 2. The Morgan fingerprint density at radius 3 is 1.82 bits per heavy atom. The van der Waals surface area contributed by atoms with Gasteiger partial charge in [-0.3, -0.25) is 9.59 Å². The fourth-order valence-electron chi connectivity index (χ4n) is 9.91. The maximum absolute atomic E-state index is 15.4. The van der Waals surface area contributed by atoms with E-state index in [1.807, 2.05) is 36.6 Å². The molecule has 0 spiro atoms. The number of benzene rings is 2. The zero-order chi connectivity index (χ0) is 48.8. The molecule has 4 heterocycles. The van der Waals surface area contributed by atoms with E-state index < -0.39 is 34.2 Å². The van der Waals surface area contributed by atoms with Crippen LogP contribution in [0.1, 0.15) is 143 Å². The van der Waals surface area contributed by atoms with Gasteiger partial charge in [0.1, 0.15) is 11.1 Å². The van der Waals surface area contributed by atoms with E-state index in [9.17, 15) is 29.4 Å². The third-order valence-corrected chi connectivity index (χ3v) is 13.4. The van der Waals surface area contributed by atoms with Crippen LogP contribution in [0.15, 0.2) is 52.3 Å². The fraction of sp³-hybridized carbons (Fsp3) is 0.529. The first kappa shape index (κ1) is 51.3. The molecule has 1 saturated carbocycles. The summed E-state index contributed by atoms with van der Waals surface area (Å²) in [6.07, 6.45) is 6.90. The molecule has 1 fully saturated rings. The van der Waals surface area contributed by atoms with Gasteiger partial charge in [0, 0.05) is 93.8 Å². The summed E-state index contributed by atoms with van der Waals surface area (Å²) in [5, 5.41) is 19.0. The number of carboxylic acids is 2. The maximum atomic E-state index is 15.4. The first-order chi connectivity index (χ1) is 31.4. The number of pyridine rings is 2. The second kappa shape index (κ2) is 21.3. The lowest BCUT2D eigenvalue weighted by Gasteiger charge is -2.44. The van der Waals surface area contributed by atoms with Gasteiger partial charge in [-0.25, -0.2) is 14.0 Å². The number of hydrogen-bond acceptors (Lipinski definition) is 10. The quantitative estimate of drug-likeness (QED) is 0.102. The third-order valence-electron chi connectivity index (χ3n) is 13.4. The molecule has 2 N–H and O–H groups in total. The Kier molecular flexibility index (Phi) is 16.6. The smallest absolute Gasteiger partial charge is 0.341 e. The molecule has 2 aliphatic heterocycles. The normalized spacial score (nSPS) is 18.4. The molecule has 0 saturated heterocycles. The summed E-state index contributed by atoms with van der Waals surface area (Å²) in [5.41, 5.74) is 1.41. The number of methoxy groups -OCH3 is 4. The van der Waals surface area contributed by atoms with Gasteiger partial charge >= 0.3 is 11.9 Å². The summed E-state index contributed by atoms with van der Waals surface area (Å²) >= 11 is 0. The van der Waals surface area contributed by atoms with Crippen molar-refractivity contribution in [3.05, 3.63) is 91.2 Å². The van der Waals surface area contributed by atoms with E-state index in [4.69, 9.17) is 28.4 Å². The van der Waals surface area contributed by atoms with Gasteiger partial charge in [0.15, 0.2) is 34.2 Å². The molecule has 2 aromatic carbocycles. The minimum Gasteiger partial charge on any atom is -0.493 e. The molecule has 0 amide bonds. The van der Waals surface area contributed by atoms with Crippen LogP contribution >= 0.6 is 0 Å². The molecular weight excluding hydrogens is 852 g/mol. The van der Waals surface area contributed by atoms with E-state index >= 15 is 4.39 Å². The number of halogens is 1. The highest BCUT2D eigenvalue weighted by Gasteiger charge is 2.49. The van der Waals surface area contributed by atoms with Crippen LogP contribution in [0.3, 0.4) is 0 Å². The summed E-state index contributed by atoms with van der Waals surface area (Å²) < 4.78 is 52.3. The molecule has 3 aliphatic rings. The fourth-order valence-corrected chi connectivity index (χ4v) is 9.91. The van der Waals surface area contributed by atoms with Gasteiger partial charge < -0.3 is 47.8 Å². The Morgan fingerprint density at radius 2 is 1.30 bits per heavy atom. The first-order valence-corrected chi connectivity index (χ1v) is 22.7. The highest BCUT2D eigenvalue weighted by Crippen LogP contribution is 2.60. The van der Waals surface area contributed by atoms with Gasteiger partial charge in [-0.15, -0.1) is 0 Å². The van der Waals surface area contributed by atoms with Gasteiger partial charge in [-0.05, 0) is 65.5 Å². The minimum atomic E-state index is -1.43. The van der Waals surface area contributed by atoms with Crippen molar-refractivity contribution in [2.24, 2.45) is 10.8 Å². The number of rotatable bonds is 16. The van der Waals surface area contributed by atoms with Crippen molar-refractivity contribution in [1.82, 2.24) is 9.13 Å². The van der Waals surface area contributed by atoms with Crippen LogP contribution in [0, 0.1) is 16.6 Å². The first-order valence-electron chi connectivity index (χ1n) is 22.7. The third kappa shape index (κ3) is 9.88. The molecule has 2 aromatic heterocycles. The molecule has 14 nitrogen and oxygen atoms in total. The number of ether oxygens (including phenoxy) is 6. The summed E-state index contributed by atoms with van der Waals surface area (Å²) in [7, 11) is 6.38. The van der Waals surface area contributed by atoms with Gasteiger partial charge in [0.25, 0.3) is 0 Å². The van der Waals surface area contributed by atoms with Gasteiger partial charge in [0.2, 0.25) is 5.43 Å². The van der Waals surface area contributed by atoms with Crippen LogP contribution < -0.4 is 29.8 Å². The Hall–Kier alpha value is -5.67. The molecular formula is C51H67FN2O12. The highest BCUT2D eigenvalue weighted by molar-refractivity contribution is 5.89. The number of nitrogens with zero attached hydrogens (tertiary/aromatic N) is 2. The summed E-state index contributed by atoms with van der Waals surface area (Å²) in [6.45, 7) is 18.9. The molecule has 0 radical (unpaired) electrons. The predicted octanol–water partition coefficient (Wildman–Crippen LogP) is 9.99. The van der Waals surface area contributed by atoms with E-state index in [-0.39, 0.29) is 46.0 Å². The van der Waals surface area contributed by atoms with Crippen molar-refractivity contribution in [2.45, 2.75) is 111 Å². The largest absolute Gasteiger partial charge is 0.493 e. The van der Waals surface area contributed by atoms with Gasteiger partial charge in [0.05, 0.1) is 38.8 Å². The standard InChI is InChI=1S/C25H33NO6.C24H28FNO6.C2H6/c1-7-25(3,4)23-15(2)16-11-22(32-10-8-9-30-5)21(31-6)12-17(16)19-13-20(27)18(24(28)29)14-26(19)23;1-24(2)7-6-13-14-10-18(32-9-5-8-30-3)17(31-4)11-15(14)20-19(25)21(27)16(23(28)29)12-26(20)22(13)24;1-2/h11-15,23H,7-10H2,1-6H3,(H,28,29);10-13,22H,5-9H2,1-4H3,(H,28,29);1-2H3/t15-,23+;13-,22+;/m10./s1. The van der Waals surface area contributed by atoms with Crippen LogP contribution in [0.4, 0.5) is 4.39 Å². The number of aromatic nitrogens is 2. The topological polar surface area (TPSA) is 174 Å². The molecule has 0 unspecified atom stereocenters. The van der Waals surface area contributed by atoms with E-state index in [1.54, 1.807) is 32.0 Å². The number of carbonyl (C=O) groups is 2. The molecule has 1 aliphatic carbocycles. The van der Waals surface area contributed by atoms with E-state index in [0.717, 1.165) is 42.4 Å². The molecule has 15 heteroatoms. The molecule has 4 aromatic rings. The predicted molar refractivity (Wildman–Crippen MR) is 251 cm³/mol. The Balaban J connectivity index is 0.000000239. The lowest BCUT2D eigenvalue weighted by atomic mass is 9.70. The molecule has 0 bridgehead atoms. The lowest BCUT2D eigenvalue weighted by molar-refractivity contribution is 0.0682. The average molecular weight is 919 g/mol. The Bertz CT molecular complexity index is 2530. The van der Waals surface area contributed by atoms with Crippen molar-refractivity contribution in [2.75, 3.05) is 54.9 Å².